The Balaban J connectivity index is 1.57. The summed E-state index contributed by atoms with van der Waals surface area (Å²) in [5.41, 5.74) is 2.59. The molecule has 0 spiro atoms. The van der Waals surface area contributed by atoms with E-state index < -0.39 is 0 Å². The number of hydrogen-bond acceptors (Lipinski definition) is 2. The number of carbonyl (C=O) groups excluding carboxylic acids is 2. The van der Waals surface area contributed by atoms with Gasteiger partial charge in [0.25, 0.3) is 5.91 Å². The molecule has 0 radical (unpaired) electrons. The summed E-state index contributed by atoms with van der Waals surface area (Å²) in [6.45, 7) is 3.81. The van der Waals surface area contributed by atoms with Crippen LogP contribution < -0.4 is 10.6 Å². The minimum absolute atomic E-state index is 0.0509. The van der Waals surface area contributed by atoms with Crippen LogP contribution in [0.4, 0.5) is 0 Å². The van der Waals surface area contributed by atoms with Crippen LogP contribution in [0.3, 0.4) is 0 Å². The van der Waals surface area contributed by atoms with Gasteiger partial charge in [-0.2, -0.15) is 0 Å². The summed E-state index contributed by atoms with van der Waals surface area (Å²) < 4.78 is 0. The van der Waals surface area contributed by atoms with Crippen molar-refractivity contribution in [1.82, 2.24) is 10.6 Å². The molecule has 0 aliphatic carbocycles. The molecule has 0 unspecified atom stereocenters. The SMILES string of the molecule is Cc1cccc(C(=O)NCC(=O)N[C@@H](C)c2ccc3ccccc3c2)c1. The van der Waals surface area contributed by atoms with E-state index in [1.165, 1.54) is 5.39 Å². The van der Waals surface area contributed by atoms with Crippen molar-refractivity contribution >= 4 is 22.6 Å². The van der Waals surface area contributed by atoms with E-state index in [9.17, 15) is 9.59 Å². The van der Waals surface area contributed by atoms with Crippen molar-refractivity contribution < 1.29 is 9.59 Å². The zero-order valence-corrected chi connectivity index (χ0v) is 15.0. The van der Waals surface area contributed by atoms with Crippen molar-refractivity contribution in [2.45, 2.75) is 19.9 Å². The van der Waals surface area contributed by atoms with Crippen LogP contribution in [-0.2, 0) is 4.79 Å². The third-order valence-corrected chi connectivity index (χ3v) is 4.34. The number of rotatable bonds is 5. The van der Waals surface area contributed by atoms with Crippen LogP contribution in [0.5, 0.6) is 0 Å². The summed E-state index contributed by atoms with van der Waals surface area (Å²) >= 11 is 0. The molecule has 2 amide bonds. The largest absolute Gasteiger partial charge is 0.348 e. The molecule has 0 saturated heterocycles. The fraction of sp³-hybridized carbons (Fsp3) is 0.182. The maximum atomic E-state index is 12.2. The lowest BCUT2D eigenvalue weighted by molar-refractivity contribution is -0.120. The number of benzene rings is 3. The number of amides is 2. The van der Waals surface area contributed by atoms with Gasteiger partial charge in [0.15, 0.2) is 0 Å². The van der Waals surface area contributed by atoms with Gasteiger partial charge in [0.1, 0.15) is 0 Å². The van der Waals surface area contributed by atoms with Crippen LogP contribution in [0.25, 0.3) is 10.8 Å². The maximum Gasteiger partial charge on any atom is 0.251 e. The summed E-state index contributed by atoms with van der Waals surface area (Å²) in [6.07, 6.45) is 0. The van der Waals surface area contributed by atoms with E-state index in [1.807, 2.05) is 50.2 Å². The molecule has 0 aromatic heterocycles. The Morgan fingerprint density at radius 2 is 1.69 bits per heavy atom. The second-order valence-corrected chi connectivity index (χ2v) is 6.45. The quantitative estimate of drug-likeness (QED) is 0.739. The molecule has 0 fully saturated rings. The smallest absolute Gasteiger partial charge is 0.251 e. The van der Waals surface area contributed by atoms with Gasteiger partial charge in [-0.1, -0.05) is 54.1 Å². The lowest BCUT2D eigenvalue weighted by atomic mass is 10.0. The van der Waals surface area contributed by atoms with Gasteiger partial charge in [0.05, 0.1) is 12.6 Å². The molecule has 3 aromatic rings. The van der Waals surface area contributed by atoms with Crippen LogP contribution in [0, 0.1) is 6.92 Å². The molecule has 132 valence electrons. The van der Waals surface area contributed by atoms with E-state index >= 15 is 0 Å². The zero-order chi connectivity index (χ0) is 18.5. The van der Waals surface area contributed by atoms with Crippen molar-refractivity contribution in [3.05, 3.63) is 83.4 Å². The number of hydrogen-bond donors (Lipinski definition) is 2. The van der Waals surface area contributed by atoms with E-state index in [4.69, 9.17) is 0 Å². The van der Waals surface area contributed by atoms with Gasteiger partial charge >= 0.3 is 0 Å². The number of carbonyl (C=O) groups is 2. The predicted octanol–water partition coefficient (Wildman–Crippen LogP) is 3.76. The number of fused-ring (bicyclic) bond motifs is 1. The molecule has 0 saturated carbocycles. The topological polar surface area (TPSA) is 58.2 Å². The minimum Gasteiger partial charge on any atom is -0.348 e. The molecule has 26 heavy (non-hydrogen) atoms. The molecular weight excluding hydrogens is 324 g/mol. The van der Waals surface area contributed by atoms with Crippen molar-refractivity contribution in [2.24, 2.45) is 0 Å². The Kier molecular flexibility index (Phi) is 5.32. The number of nitrogens with one attached hydrogen (secondary N) is 2. The van der Waals surface area contributed by atoms with Gasteiger partial charge in [-0.05, 0) is 48.4 Å². The van der Waals surface area contributed by atoms with E-state index in [0.717, 1.165) is 16.5 Å². The van der Waals surface area contributed by atoms with Crippen molar-refractivity contribution in [1.29, 1.82) is 0 Å². The predicted molar refractivity (Wildman–Crippen MR) is 104 cm³/mol. The fourth-order valence-electron chi connectivity index (χ4n) is 2.90. The van der Waals surface area contributed by atoms with Crippen LogP contribution >= 0.6 is 0 Å². The lowest BCUT2D eigenvalue weighted by Crippen LogP contribution is -2.38. The van der Waals surface area contributed by atoms with E-state index in [2.05, 4.69) is 28.8 Å². The van der Waals surface area contributed by atoms with Gasteiger partial charge in [0, 0.05) is 5.56 Å². The molecule has 4 heteroatoms. The minimum atomic E-state index is -0.248. The average Bonchev–Trinajstić information content (AvgIpc) is 2.65. The standard InChI is InChI=1S/C22H22N2O2/c1-15-6-5-9-20(12-15)22(26)23-14-21(25)24-16(2)18-11-10-17-7-3-4-8-19(17)13-18/h3-13,16H,14H2,1-2H3,(H,23,26)(H,24,25)/t16-/m0/s1. The average molecular weight is 346 g/mol. The Morgan fingerprint density at radius 3 is 2.46 bits per heavy atom. The van der Waals surface area contributed by atoms with E-state index in [0.29, 0.717) is 5.56 Å². The van der Waals surface area contributed by atoms with Crippen molar-refractivity contribution in [3.8, 4) is 0 Å². The maximum absolute atomic E-state index is 12.2. The first-order valence-corrected chi connectivity index (χ1v) is 8.66. The van der Waals surface area contributed by atoms with Gasteiger partial charge < -0.3 is 10.6 Å². The molecule has 3 aromatic carbocycles. The molecule has 2 N–H and O–H groups in total. The lowest BCUT2D eigenvalue weighted by Gasteiger charge is -2.15. The van der Waals surface area contributed by atoms with Crippen LogP contribution in [0.15, 0.2) is 66.7 Å². The summed E-state index contributed by atoms with van der Waals surface area (Å²) in [7, 11) is 0. The second kappa shape index (κ2) is 7.83. The molecule has 0 aliphatic heterocycles. The molecule has 0 heterocycles. The van der Waals surface area contributed by atoms with E-state index in [-0.39, 0.29) is 24.4 Å². The monoisotopic (exact) mass is 346 g/mol. The van der Waals surface area contributed by atoms with Crippen LogP contribution in [0.2, 0.25) is 0 Å². The van der Waals surface area contributed by atoms with Crippen molar-refractivity contribution in [2.75, 3.05) is 6.54 Å². The molecule has 0 aliphatic rings. The van der Waals surface area contributed by atoms with Crippen LogP contribution in [0.1, 0.15) is 34.5 Å². The summed E-state index contributed by atoms with van der Waals surface area (Å²) in [4.78, 5) is 24.3. The first-order valence-electron chi connectivity index (χ1n) is 8.66. The van der Waals surface area contributed by atoms with Gasteiger partial charge in [-0.3, -0.25) is 9.59 Å². The summed E-state index contributed by atoms with van der Waals surface area (Å²) in [6, 6.07) is 21.4. The van der Waals surface area contributed by atoms with Crippen molar-refractivity contribution in [3.63, 3.8) is 0 Å². The summed E-state index contributed by atoms with van der Waals surface area (Å²) in [5, 5.41) is 7.89. The highest BCUT2D eigenvalue weighted by Gasteiger charge is 2.12. The van der Waals surface area contributed by atoms with Crippen LogP contribution in [-0.4, -0.2) is 18.4 Å². The normalized spacial score (nSPS) is 11.8. The molecule has 1 atom stereocenters. The highest BCUT2D eigenvalue weighted by molar-refractivity contribution is 5.96. The van der Waals surface area contributed by atoms with Gasteiger partial charge in [-0.15, -0.1) is 0 Å². The molecule has 3 rings (SSSR count). The Bertz CT molecular complexity index is 950. The fourth-order valence-corrected chi connectivity index (χ4v) is 2.90. The summed E-state index contributed by atoms with van der Waals surface area (Å²) in [5.74, 6) is -0.464. The van der Waals surface area contributed by atoms with Gasteiger partial charge in [-0.25, -0.2) is 0 Å². The van der Waals surface area contributed by atoms with E-state index in [1.54, 1.807) is 12.1 Å². The highest BCUT2D eigenvalue weighted by Crippen LogP contribution is 2.20. The highest BCUT2D eigenvalue weighted by atomic mass is 16.2. The molecular formula is C22H22N2O2. The second-order valence-electron chi connectivity index (χ2n) is 6.45. The zero-order valence-electron chi connectivity index (χ0n) is 15.0. The Labute approximate surface area is 153 Å². The first kappa shape index (κ1) is 17.7. The Hall–Kier alpha value is -3.14. The molecule has 0 bridgehead atoms. The third kappa shape index (κ3) is 4.28. The Morgan fingerprint density at radius 1 is 0.923 bits per heavy atom. The van der Waals surface area contributed by atoms with Gasteiger partial charge in [0.2, 0.25) is 5.91 Å². The number of aryl methyl sites for hydroxylation is 1. The first-order chi connectivity index (χ1) is 12.5. The third-order valence-electron chi connectivity index (χ3n) is 4.34. The molecule has 4 nitrogen and oxygen atoms in total.